The number of aromatic nitrogens is 1. The van der Waals surface area contributed by atoms with Gasteiger partial charge in [0.15, 0.2) is 5.78 Å². The fourth-order valence-electron chi connectivity index (χ4n) is 2.07. The summed E-state index contributed by atoms with van der Waals surface area (Å²) >= 11 is 1.84. The first-order valence-electron chi connectivity index (χ1n) is 5.53. The minimum absolute atomic E-state index is 0.263. The van der Waals surface area contributed by atoms with Crippen LogP contribution < -0.4 is 0 Å². The van der Waals surface area contributed by atoms with Crippen LogP contribution in [-0.4, -0.2) is 21.4 Å². The van der Waals surface area contributed by atoms with Crippen LogP contribution in [0.1, 0.15) is 36.2 Å². The first kappa shape index (κ1) is 10.8. The molecule has 82 valence electrons. The van der Waals surface area contributed by atoms with Crippen molar-refractivity contribution in [2.24, 2.45) is 7.05 Å². The van der Waals surface area contributed by atoms with Crippen molar-refractivity contribution in [3.8, 4) is 0 Å². The number of aryl methyl sites for hydroxylation is 1. The number of carbonyl (C=O) groups excluding carboxylic acids is 1. The van der Waals surface area contributed by atoms with E-state index >= 15 is 0 Å². The Morgan fingerprint density at radius 2 is 2.27 bits per heavy atom. The van der Waals surface area contributed by atoms with Crippen LogP contribution in [0.4, 0.5) is 0 Å². The largest absolute Gasteiger partial charge is 0.348 e. The maximum atomic E-state index is 11.8. The van der Waals surface area contributed by atoms with Crippen LogP contribution in [0.5, 0.6) is 0 Å². The summed E-state index contributed by atoms with van der Waals surface area (Å²) in [4.78, 5) is 11.8. The normalized spacial score (nSPS) is 17.1. The molecular formula is C12H17NOS. The zero-order valence-electron chi connectivity index (χ0n) is 9.11. The van der Waals surface area contributed by atoms with Crippen LogP contribution in [0, 0.1) is 0 Å². The second-order valence-corrected chi connectivity index (χ2v) is 5.43. The number of nitrogens with zero attached hydrogens (tertiary/aromatic N) is 1. The van der Waals surface area contributed by atoms with Gasteiger partial charge >= 0.3 is 0 Å². The molecule has 1 fully saturated rings. The highest BCUT2D eigenvalue weighted by Gasteiger charge is 2.17. The minimum Gasteiger partial charge on any atom is -0.348 e. The van der Waals surface area contributed by atoms with Gasteiger partial charge < -0.3 is 4.57 Å². The molecule has 0 aromatic carbocycles. The fraction of sp³-hybridized carbons (Fsp3) is 0.583. The molecule has 1 aliphatic carbocycles. The first-order valence-corrected chi connectivity index (χ1v) is 6.58. The van der Waals surface area contributed by atoms with Crippen LogP contribution in [0.25, 0.3) is 0 Å². The highest BCUT2D eigenvalue weighted by molar-refractivity contribution is 8.00. The monoisotopic (exact) mass is 223 g/mol. The summed E-state index contributed by atoms with van der Waals surface area (Å²) in [5.74, 6) is 0.905. The molecule has 0 atom stereocenters. The van der Waals surface area contributed by atoms with Gasteiger partial charge in [0, 0.05) is 18.5 Å². The lowest BCUT2D eigenvalue weighted by Crippen LogP contribution is -2.10. The molecule has 0 unspecified atom stereocenters. The van der Waals surface area contributed by atoms with Crippen LogP contribution in [0.3, 0.4) is 0 Å². The number of thioether (sulfide) groups is 1. The number of hydrogen-bond acceptors (Lipinski definition) is 2. The minimum atomic E-state index is 0.263. The van der Waals surface area contributed by atoms with Crippen molar-refractivity contribution >= 4 is 17.5 Å². The summed E-state index contributed by atoms with van der Waals surface area (Å²) < 4.78 is 1.90. The molecule has 0 spiro atoms. The fourth-order valence-corrected chi connectivity index (χ4v) is 3.27. The SMILES string of the molecule is Cn1cccc1C(=O)CSC1CCCC1. The van der Waals surface area contributed by atoms with E-state index < -0.39 is 0 Å². The van der Waals surface area contributed by atoms with Crippen molar-refractivity contribution in [3.63, 3.8) is 0 Å². The van der Waals surface area contributed by atoms with Crippen molar-refractivity contribution in [2.45, 2.75) is 30.9 Å². The van der Waals surface area contributed by atoms with E-state index in [0.29, 0.717) is 5.75 Å². The highest BCUT2D eigenvalue weighted by Crippen LogP contribution is 2.29. The molecule has 0 amide bonds. The summed E-state index contributed by atoms with van der Waals surface area (Å²) in [7, 11) is 1.92. The number of Topliss-reactive ketones (excluding diaryl/α,β-unsaturated/α-hetero) is 1. The van der Waals surface area contributed by atoms with Gasteiger partial charge in [-0.1, -0.05) is 12.8 Å². The second kappa shape index (κ2) is 4.88. The van der Waals surface area contributed by atoms with Gasteiger partial charge in [0.25, 0.3) is 0 Å². The van der Waals surface area contributed by atoms with E-state index in [1.165, 1.54) is 25.7 Å². The lowest BCUT2D eigenvalue weighted by Gasteiger charge is -2.07. The molecule has 0 radical (unpaired) electrons. The zero-order chi connectivity index (χ0) is 10.7. The Labute approximate surface area is 95.0 Å². The summed E-state index contributed by atoms with van der Waals surface area (Å²) in [6.45, 7) is 0. The molecule has 1 heterocycles. The van der Waals surface area contributed by atoms with E-state index in [1.807, 2.05) is 41.7 Å². The highest BCUT2D eigenvalue weighted by atomic mass is 32.2. The van der Waals surface area contributed by atoms with E-state index in [9.17, 15) is 4.79 Å². The number of carbonyl (C=O) groups is 1. The molecule has 1 aromatic rings. The van der Waals surface area contributed by atoms with Crippen molar-refractivity contribution in [2.75, 3.05) is 5.75 Å². The lowest BCUT2D eigenvalue weighted by molar-refractivity contribution is 0.101. The molecule has 0 saturated heterocycles. The number of rotatable bonds is 4. The third kappa shape index (κ3) is 2.65. The van der Waals surface area contributed by atoms with Gasteiger partial charge in [0.05, 0.1) is 11.4 Å². The molecule has 15 heavy (non-hydrogen) atoms. The van der Waals surface area contributed by atoms with Crippen molar-refractivity contribution in [1.82, 2.24) is 4.57 Å². The van der Waals surface area contributed by atoms with E-state index in [1.54, 1.807) is 0 Å². The molecule has 0 bridgehead atoms. The van der Waals surface area contributed by atoms with E-state index in [4.69, 9.17) is 0 Å². The van der Waals surface area contributed by atoms with Gasteiger partial charge in [0.1, 0.15) is 0 Å². The standard InChI is InChI=1S/C12H17NOS/c1-13-8-4-7-11(13)12(14)9-15-10-5-2-3-6-10/h4,7-8,10H,2-3,5-6,9H2,1H3. The molecule has 1 aliphatic rings. The lowest BCUT2D eigenvalue weighted by atomic mass is 10.3. The molecule has 1 aromatic heterocycles. The summed E-state index contributed by atoms with van der Waals surface area (Å²) in [6.07, 6.45) is 7.20. The maximum Gasteiger partial charge on any atom is 0.189 e. The Bertz CT molecular complexity index is 339. The van der Waals surface area contributed by atoms with E-state index in [-0.39, 0.29) is 5.78 Å². The van der Waals surface area contributed by atoms with E-state index in [2.05, 4.69) is 0 Å². The first-order chi connectivity index (χ1) is 7.27. The molecule has 2 nitrogen and oxygen atoms in total. The summed E-state index contributed by atoms with van der Waals surface area (Å²) in [6, 6.07) is 3.82. The predicted molar refractivity (Wildman–Crippen MR) is 64.5 cm³/mol. The van der Waals surface area contributed by atoms with Gasteiger partial charge in [-0.25, -0.2) is 0 Å². The summed E-state index contributed by atoms with van der Waals surface area (Å²) in [5.41, 5.74) is 0.834. The number of ketones is 1. The molecule has 2 rings (SSSR count). The van der Waals surface area contributed by atoms with Crippen LogP contribution in [0.15, 0.2) is 18.3 Å². The van der Waals surface area contributed by atoms with Crippen LogP contribution >= 0.6 is 11.8 Å². The molecule has 0 N–H and O–H groups in total. The molecule has 1 saturated carbocycles. The van der Waals surface area contributed by atoms with Crippen molar-refractivity contribution < 1.29 is 4.79 Å². The second-order valence-electron chi connectivity index (χ2n) is 4.14. The molecule has 0 aliphatic heterocycles. The van der Waals surface area contributed by atoms with Gasteiger partial charge in [-0.15, -0.1) is 0 Å². The van der Waals surface area contributed by atoms with Crippen LogP contribution in [-0.2, 0) is 7.05 Å². The van der Waals surface area contributed by atoms with Gasteiger partial charge in [-0.05, 0) is 25.0 Å². The molecular weight excluding hydrogens is 206 g/mol. The van der Waals surface area contributed by atoms with Crippen molar-refractivity contribution in [1.29, 1.82) is 0 Å². The molecule has 3 heteroatoms. The Morgan fingerprint density at radius 3 is 2.87 bits per heavy atom. The smallest absolute Gasteiger partial charge is 0.189 e. The Kier molecular flexibility index (Phi) is 3.52. The average molecular weight is 223 g/mol. The van der Waals surface area contributed by atoms with Gasteiger partial charge in [-0.3, -0.25) is 4.79 Å². The third-order valence-electron chi connectivity index (χ3n) is 2.98. The zero-order valence-corrected chi connectivity index (χ0v) is 9.93. The average Bonchev–Trinajstić information content (AvgIpc) is 2.84. The predicted octanol–water partition coefficient (Wildman–Crippen LogP) is 2.88. The van der Waals surface area contributed by atoms with Gasteiger partial charge in [0.2, 0.25) is 0 Å². The van der Waals surface area contributed by atoms with Crippen LogP contribution in [0.2, 0.25) is 0 Å². The Morgan fingerprint density at radius 1 is 1.53 bits per heavy atom. The Balaban J connectivity index is 1.84. The summed E-state index contributed by atoms with van der Waals surface area (Å²) in [5, 5.41) is 0.731. The quantitative estimate of drug-likeness (QED) is 0.732. The maximum absolute atomic E-state index is 11.8. The third-order valence-corrected chi connectivity index (χ3v) is 4.35. The van der Waals surface area contributed by atoms with E-state index in [0.717, 1.165) is 10.9 Å². The Hall–Kier alpha value is -0.700. The van der Waals surface area contributed by atoms with Gasteiger partial charge in [-0.2, -0.15) is 11.8 Å². The van der Waals surface area contributed by atoms with Crippen molar-refractivity contribution in [3.05, 3.63) is 24.0 Å². The number of hydrogen-bond donors (Lipinski definition) is 0. The topological polar surface area (TPSA) is 22.0 Å².